The van der Waals surface area contributed by atoms with Crippen LogP contribution in [0.1, 0.15) is 21.8 Å². The lowest BCUT2D eigenvalue weighted by Gasteiger charge is -2.25. The highest BCUT2D eigenvalue weighted by atomic mass is 16.5. The number of para-hydroxylation sites is 1. The molecule has 98 valence electrons. The molecule has 0 spiro atoms. The second-order valence-corrected chi connectivity index (χ2v) is 4.63. The number of amides is 1. The Hall–Kier alpha value is -2.30. The predicted molar refractivity (Wildman–Crippen MR) is 68.1 cm³/mol. The van der Waals surface area contributed by atoms with Crippen molar-refractivity contribution in [3.63, 3.8) is 0 Å². The Labute approximate surface area is 110 Å². The maximum absolute atomic E-state index is 11.9. The van der Waals surface area contributed by atoms with Crippen molar-refractivity contribution in [3.05, 3.63) is 47.3 Å². The molecule has 0 saturated heterocycles. The fourth-order valence-electron chi connectivity index (χ4n) is 2.15. The van der Waals surface area contributed by atoms with Crippen LogP contribution >= 0.6 is 0 Å². The summed E-state index contributed by atoms with van der Waals surface area (Å²) in [7, 11) is 0. The molecule has 2 heterocycles. The predicted octanol–water partition coefficient (Wildman–Crippen LogP) is 1.72. The minimum absolute atomic E-state index is 0.0483. The van der Waals surface area contributed by atoms with Gasteiger partial charge in [-0.15, -0.1) is 0 Å². The Morgan fingerprint density at radius 2 is 2.26 bits per heavy atom. The molecule has 0 aliphatic carbocycles. The van der Waals surface area contributed by atoms with Crippen LogP contribution in [0.25, 0.3) is 0 Å². The third-order valence-corrected chi connectivity index (χ3v) is 3.07. The Kier molecular flexibility index (Phi) is 2.95. The molecule has 1 atom stereocenters. The van der Waals surface area contributed by atoms with Gasteiger partial charge in [0, 0.05) is 6.07 Å². The number of hydrogen-bond acceptors (Lipinski definition) is 4. The molecular weight excluding hydrogens is 244 g/mol. The molecule has 1 N–H and O–H groups in total. The molecule has 19 heavy (non-hydrogen) atoms. The van der Waals surface area contributed by atoms with Crippen molar-refractivity contribution < 1.29 is 14.1 Å². The Bertz CT molecular complexity index is 606. The first kappa shape index (κ1) is 11.8. The summed E-state index contributed by atoms with van der Waals surface area (Å²) in [5.41, 5.74) is 1.79. The van der Waals surface area contributed by atoms with E-state index in [2.05, 4.69) is 10.5 Å². The van der Waals surface area contributed by atoms with Gasteiger partial charge in [-0.2, -0.15) is 0 Å². The van der Waals surface area contributed by atoms with Crippen LogP contribution in [-0.2, 0) is 6.42 Å². The van der Waals surface area contributed by atoms with Crippen molar-refractivity contribution in [2.24, 2.45) is 0 Å². The summed E-state index contributed by atoms with van der Waals surface area (Å²) in [4.78, 5) is 11.9. The van der Waals surface area contributed by atoms with Gasteiger partial charge in [-0.3, -0.25) is 4.79 Å². The van der Waals surface area contributed by atoms with E-state index in [0.29, 0.717) is 12.3 Å². The molecule has 0 bridgehead atoms. The van der Waals surface area contributed by atoms with Gasteiger partial charge in [0.15, 0.2) is 0 Å². The third-order valence-electron chi connectivity index (χ3n) is 3.07. The van der Waals surface area contributed by atoms with Crippen molar-refractivity contribution in [2.45, 2.75) is 19.4 Å². The zero-order valence-electron chi connectivity index (χ0n) is 10.6. The summed E-state index contributed by atoms with van der Waals surface area (Å²) in [5, 5.41) is 6.59. The maximum Gasteiger partial charge on any atom is 0.290 e. The molecule has 1 unspecified atom stereocenters. The fourth-order valence-corrected chi connectivity index (χ4v) is 2.15. The van der Waals surface area contributed by atoms with E-state index >= 15 is 0 Å². The zero-order valence-corrected chi connectivity index (χ0v) is 10.6. The molecule has 1 aromatic heterocycles. The Morgan fingerprint density at radius 1 is 1.42 bits per heavy atom. The lowest BCUT2D eigenvalue weighted by molar-refractivity contribution is 0.0878. The molecule has 1 aliphatic rings. The molecule has 1 aliphatic heterocycles. The molecule has 0 saturated carbocycles. The van der Waals surface area contributed by atoms with Crippen LogP contribution in [0.5, 0.6) is 5.75 Å². The molecule has 1 aromatic carbocycles. The fraction of sp³-hybridized carbons (Fsp3) is 0.286. The number of carbonyl (C=O) groups excluding carboxylic acids is 1. The average Bonchev–Trinajstić information content (AvgIpc) is 2.85. The summed E-state index contributed by atoms with van der Waals surface area (Å²) < 4.78 is 10.6. The van der Waals surface area contributed by atoms with Gasteiger partial charge < -0.3 is 14.6 Å². The number of fused-ring (bicyclic) bond motifs is 1. The number of rotatable bonds is 2. The van der Waals surface area contributed by atoms with Crippen molar-refractivity contribution in [2.75, 3.05) is 6.61 Å². The minimum Gasteiger partial charge on any atom is -0.491 e. The van der Waals surface area contributed by atoms with E-state index in [0.717, 1.165) is 17.7 Å². The van der Waals surface area contributed by atoms with Crippen LogP contribution in [0.15, 0.2) is 34.9 Å². The minimum atomic E-state index is -0.256. The molecule has 3 rings (SSSR count). The quantitative estimate of drug-likeness (QED) is 0.890. The van der Waals surface area contributed by atoms with Crippen LogP contribution in [0, 0.1) is 6.92 Å². The summed E-state index contributed by atoms with van der Waals surface area (Å²) in [6.45, 7) is 2.25. The molecule has 0 fully saturated rings. The highest BCUT2D eigenvalue weighted by Gasteiger charge is 2.22. The first-order chi connectivity index (χ1) is 9.22. The third kappa shape index (κ3) is 2.45. The van der Waals surface area contributed by atoms with E-state index < -0.39 is 0 Å². The molecule has 5 heteroatoms. The number of benzene rings is 1. The van der Waals surface area contributed by atoms with E-state index in [1.807, 2.05) is 24.3 Å². The number of carbonyl (C=O) groups is 1. The molecular formula is C14H14N2O3. The Balaban J connectivity index is 1.68. The number of nitrogens with one attached hydrogen (secondary N) is 1. The van der Waals surface area contributed by atoms with Crippen LogP contribution in [0.2, 0.25) is 0 Å². The number of nitrogens with zero attached hydrogens (tertiary/aromatic N) is 1. The highest BCUT2D eigenvalue weighted by Crippen LogP contribution is 2.23. The number of ether oxygens (including phenoxy) is 1. The average molecular weight is 258 g/mol. The van der Waals surface area contributed by atoms with Gasteiger partial charge in [0.25, 0.3) is 5.91 Å². The van der Waals surface area contributed by atoms with Crippen molar-refractivity contribution in [3.8, 4) is 5.75 Å². The summed E-state index contributed by atoms with van der Waals surface area (Å²) in [6.07, 6.45) is 0.759. The first-order valence-corrected chi connectivity index (χ1v) is 6.17. The number of aryl methyl sites for hydroxylation is 1. The van der Waals surface area contributed by atoms with Crippen molar-refractivity contribution in [1.29, 1.82) is 0 Å². The van der Waals surface area contributed by atoms with E-state index in [4.69, 9.17) is 9.26 Å². The van der Waals surface area contributed by atoms with Crippen LogP contribution in [-0.4, -0.2) is 23.7 Å². The van der Waals surface area contributed by atoms with Crippen molar-refractivity contribution in [1.82, 2.24) is 10.5 Å². The van der Waals surface area contributed by atoms with Crippen LogP contribution in [0.3, 0.4) is 0 Å². The SMILES string of the molecule is Cc1cc(C(=O)NC2COc3ccccc3C2)on1. The van der Waals surface area contributed by atoms with Crippen LogP contribution < -0.4 is 10.1 Å². The second-order valence-electron chi connectivity index (χ2n) is 4.63. The largest absolute Gasteiger partial charge is 0.491 e. The first-order valence-electron chi connectivity index (χ1n) is 6.17. The second kappa shape index (κ2) is 4.76. The highest BCUT2D eigenvalue weighted by molar-refractivity contribution is 5.91. The van der Waals surface area contributed by atoms with Gasteiger partial charge in [-0.25, -0.2) is 0 Å². The van der Waals surface area contributed by atoms with Crippen LogP contribution in [0.4, 0.5) is 0 Å². The zero-order chi connectivity index (χ0) is 13.2. The molecule has 1 amide bonds. The maximum atomic E-state index is 11.9. The van der Waals surface area contributed by atoms with E-state index in [1.165, 1.54) is 0 Å². The molecule has 0 radical (unpaired) electrons. The summed E-state index contributed by atoms with van der Waals surface area (Å²) in [5.74, 6) is 0.869. The molecule has 5 nitrogen and oxygen atoms in total. The van der Waals surface area contributed by atoms with E-state index in [-0.39, 0.29) is 17.7 Å². The number of hydrogen-bond donors (Lipinski definition) is 1. The van der Waals surface area contributed by atoms with Gasteiger partial charge in [-0.05, 0) is 25.0 Å². The van der Waals surface area contributed by atoms with Gasteiger partial charge in [0.05, 0.1) is 11.7 Å². The lowest BCUT2D eigenvalue weighted by Crippen LogP contribution is -2.42. The van der Waals surface area contributed by atoms with Gasteiger partial charge in [-0.1, -0.05) is 23.4 Å². The van der Waals surface area contributed by atoms with Gasteiger partial charge in [0.1, 0.15) is 12.4 Å². The van der Waals surface area contributed by atoms with Gasteiger partial charge >= 0.3 is 0 Å². The normalized spacial score (nSPS) is 17.4. The van der Waals surface area contributed by atoms with Gasteiger partial charge in [0.2, 0.25) is 5.76 Å². The smallest absolute Gasteiger partial charge is 0.290 e. The monoisotopic (exact) mass is 258 g/mol. The van der Waals surface area contributed by atoms with Crippen molar-refractivity contribution >= 4 is 5.91 Å². The standard InChI is InChI=1S/C14H14N2O3/c1-9-6-13(19-16-9)14(17)15-11-7-10-4-2-3-5-12(10)18-8-11/h2-6,11H,7-8H2,1H3,(H,15,17). The topological polar surface area (TPSA) is 64.4 Å². The van der Waals surface area contributed by atoms with E-state index in [9.17, 15) is 4.79 Å². The Morgan fingerprint density at radius 3 is 3.05 bits per heavy atom. The number of aromatic nitrogens is 1. The molecule has 2 aromatic rings. The van der Waals surface area contributed by atoms with E-state index in [1.54, 1.807) is 13.0 Å². The summed E-state index contributed by atoms with van der Waals surface area (Å²) >= 11 is 0. The summed E-state index contributed by atoms with van der Waals surface area (Å²) in [6, 6.07) is 9.42. The lowest BCUT2D eigenvalue weighted by atomic mass is 10.0.